The molecule has 1 saturated carbocycles. The molecule has 2 heteroatoms. The van der Waals surface area contributed by atoms with E-state index in [0.717, 1.165) is 24.6 Å². The minimum Gasteiger partial charge on any atom is -0.467 e. The van der Waals surface area contributed by atoms with Gasteiger partial charge in [0.2, 0.25) is 0 Å². The van der Waals surface area contributed by atoms with Crippen LogP contribution in [0.15, 0.2) is 47.1 Å². The van der Waals surface area contributed by atoms with Gasteiger partial charge < -0.3 is 9.73 Å². The van der Waals surface area contributed by atoms with Crippen LogP contribution in [0.1, 0.15) is 61.5 Å². The molecule has 1 heterocycles. The van der Waals surface area contributed by atoms with Gasteiger partial charge in [-0.25, -0.2) is 0 Å². The molecule has 20 heavy (non-hydrogen) atoms. The summed E-state index contributed by atoms with van der Waals surface area (Å²) in [6, 6.07) is 13.3. The van der Waals surface area contributed by atoms with Crippen LogP contribution < -0.4 is 5.32 Å². The van der Waals surface area contributed by atoms with Crippen LogP contribution in [0.4, 0.5) is 0 Å². The van der Waals surface area contributed by atoms with Crippen molar-refractivity contribution in [2.45, 2.75) is 44.6 Å². The van der Waals surface area contributed by atoms with Crippen molar-refractivity contribution in [3.8, 4) is 0 Å². The summed E-state index contributed by atoms with van der Waals surface area (Å²) in [4.78, 5) is 0. The molecule has 1 N–H and O–H groups in total. The molecule has 0 spiro atoms. The Labute approximate surface area is 121 Å². The predicted molar refractivity (Wildman–Crippen MR) is 81.9 cm³/mol. The van der Waals surface area contributed by atoms with Crippen LogP contribution in [0.3, 0.4) is 0 Å². The van der Waals surface area contributed by atoms with Gasteiger partial charge in [0, 0.05) is 0 Å². The molecule has 2 nitrogen and oxygen atoms in total. The lowest BCUT2D eigenvalue weighted by Crippen LogP contribution is -2.22. The Kier molecular flexibility index (Phi) is 4.22. The lowest BCUT2D eigenvalue weighted by Gasteiger charge is -2.26. The van der Waals surface area contributed by atoms with Crippen LogP contribution in [-0.4, -0.2) is 6.54 Å². The Morgan fingerprint density at radius 1 is 1.20 bits per heavy atom. The monoisotopic (exact) mass is 269 g/mol. The molecule has 1 aliphatic rings. The highest BCUT2D eigenvalue weighted by atomic mass is 16.3. The van der Waals surface area contributed by atoms with E-state index in [9.17, 15) is 0 Å². The van der Waals surface area contributed by atoms with E-state index >= 15 is 0 Å². The molecule has 1 aromatic heterocycles. The quantitative estimate of drug-likeness (QED) is 0.826. The molecule has 1 unspecified atom stereocenters. The van der Waals surface area contributed by atoms with Crippen molar-refractivity contribution in [2.24, 2.45) is 0 Å². The molecule has 106 valence electrons. The average Bonchev–Trinajstić information content (AvgIpc) is 2.93. The minimum atomic E-state index is 0.167. The molecule has 1 aliphatic carbocycles. The standard InChI is InChI=1S/C18H23NO/c1-2-12-19-18(17-7-4-13-20-17)16-10-8-15(9-11-16)14-5-3-6-14/h4,7-11,13-14,18-19H,2-3,5-6,12H2,1H3. The van der Waals surface area contributed by atoms with Crippen molar-refractivity contribution < 1.29 is 4.42 Å². The maximum absolute atomic E-state index is 5.59. The maximum Gasteiger partial charge on any atom is 0.125 e. The summed E-state index contributed by atoms with van der Waals surface area (Å²) in [5, 5.41) is 3.57. The minimum absolute atomic E-state index is 0.167. The first-order valence-corrected chi connectivity index (χ1v) is 7.75. The number of rotatable bonds is 6. The second-order valence-corrected chi connectivity index (χ2v) is 5.70. The topological polar surface area (TPSA) is 25.2 Å². The third-order valence-electron chi connectivity index (χ3n) is 4.27. The highest BCUT2D eigenvalue weighted by Gasteiger charge is 2.20. The van der Waals surface area contributed by atoms with Crippen LogP contribution >= 0.6 is 0 Å². The fourth-order valence-corrected chi connectivity index (χ4v) is 2.83. The van der Waals surface area contributed by atoms with Crippen molar-refractivity contribution in [1.82, 2.24) is 5.32 Å². The van der Waals surface area contributed by atoms with E-state index in [1.165, 1.54) is 30.4 Å². The fourth-order valence-electron chi connectivity index (χ4n) is 2.83. The van der Waals surface area contributed by atoms with Crippen LogP contribution in [0.2, 0.25) is 0 Å². The molecule has 0 aliphatic heterocycles. The van der Waals surface area contributed by atoms with E-state index in [0.29, 0.717) is 0 Å². The summed E-state index contributed by atoms with van der Waals surface area (Å²) >= 11 is 0. The fraction of sp³-hybridized carbons (Fsp3) is 0.444. The Morgan fingerprint density at radius 3 is 2.55 bits per heavy atom. The molecule has 1 atom stereocenters. The summed E-state index contributed by atoms with van der Waals surface area (Å²) in [6.45, 7) is 3.18. The molecule has 0 bridgehead atoms. The van der Waals surface area contributed by atoms with Gasteiger partial charge in [-0.2, -0.15) is 0 Å². The number of hydrogen-bond donors (Lipinski definition) is 1. The molecule has 3 rings (SSSR count). The van der Waals surface area contributed by atoms with Gasteiger partial charge in [0.15, 0.2) is 0 Å². The lowest BCUT2D eigenvalue weighted by molar-refractivity contribution is 0.419. The van der Waals surface area contributed by atoms with Crippen molar-refractivity contribution in [3.05, 3.63) is 59.5 Å². The zero-order valence-corrected chi connectivity index (χ0v) is 12.1. The number of hydrogen-bond acceptors (Lipinski definition) is 2. The molecule has 0 radical (unpaired) electrons. The van der Waals surface area contributed by atoms with E-state index in [2.05, 4.69) is 36.5 Å². The first kappa shape index (κ1) is 13.4. The summed E-state index contributed by atoms with van der Waals surface area (Å²) in [5.74, 6) is 1.80. The molecular formula is C18H23NO. The molecular weight excluding hydrogens is 246 g/mol. The van der Waals surface area contributed by atoms with Crippen LogP contribution in [0.25, 0.3) is 0 Å². The highest BCUT2D eigenvalue weighted by Crippen LogP contribution is 2.36. The maximum atomic E-state index is 5.59. The van der Waals surface area contributed by atoms with E-state index < -0.39 is 0 Å². The lowest BCUT2D eigenvalue weighted by atomic mass is 9.80. The summed E-state index contributed by atoms with van der Waals surface area (Å²) < 4.78 is 5.59. The molecule has 0 amide bonds. The third kappa shape index (κ3) is 2.80. The summed E-state index contributed by atoms with van der Waals surface area (Å²) in [5.41, 5.74) is 2.78. The van der Waals surface area contributed by atoms with Gasteiger partial charge in [-0.15, -0.1) is 0 Å². The van der Waals surface area contributed by atoms with Gasteiger partial charge in [0.05, 0.1) is 12.3 Å². The first-order chi connectivity index (χ1) is 9.88. The number of nitrogens with one attached hydrogen (secondary N) is 1. The Hall–Kier alpha value is -1.54. The molecule has 1 fully saturated rings. The summed E-state index contributed by atoms with van der Waals surface area (Å²) in [6.07, 6.45) is 6.97. The van der Waals surface area contributed by atoms with Crippen molar-refractivity contribution in [2.75, 3.05) is 6.54 Å². The van der Waals surface area contributed by atoms with E-state index in [4.69, 9.17) is 4.42 Å². The summed E-state index contributed by atoms with van der Waals surface area (Å²) in [7, 11) is 0. The number of benzene rings is 1. The molecule has 1 aromatic carbocycles. The Bertz CT molecular complexity index is 511. The van der Waals surface area contributed by atoms with E-state index in [-0.39, 0.29) is 6.04 Å². The highest BCUT2D eigenvalue weighted by molar-refractivity contribution is 5.32. The van der Waals surface area contributed by atoms with Crippen LogP contribution in [0.5, 0.6) is 0 Å². The van der Waals surface area contributed by atoms with Gasteiger partial charge >= 0.3 is 0 Å². The van der Waals surface area contributed by atoms with Crippen molar-refractivity contribution >= 4 is 0 Å². The second kappa shape index (κ2) is 6.27. The first-order valence-electron chi connectivity index (χ1n) is 7.75. The van der Waals surface area contributed by atoms with Crippen LogP contribution in [-0.2, 0) is 0 Å². The van der Waals surface area contributed by atoms with Crippen molar-refractivity contribution in [1.29, 1.82) is 0 Å². The van der Waals surface area contributed by atoms with E-state index in [1.54, 1.807) is 6.26 Å². The van der Waals surface area contributed by atoms with Gasteiger partial charge in [0.25, 0.3) is 0 Å². The van der Waals surface area contributed by atoms with Gasteiger partial charge in [0.1, 0.15) is 5.76 Å². The van der Waals surface area contributed by atoms with Gasteiger partial charge in [-0.1, -0.05) is 37.6 Å². The molecule has 2 aromatic rings. The number of furan rings is 1. The van der Waals surface area contributed by atoms with Crippen molar-refractivity contribution in [3.63, 3.8) is 0 Å². The molecule has 0 saturated heterocycles. The normalized spacial score (nSPS) is 16.9. The largest absolute Gasteiger partial charge is 0.467 e. The zero-order chi connectivity index (χ0) is 13.8. The second-order valence-electron chi connectivity index (χ2n) is 5.70. The Morgan fingerprint density at radius 2 is 2.00 bits per heavy atom. The predicted octanol–water partition coefficient (Wildman–Crippen LogP) is 4.64. The van der Waals surface area contributed by atoms with Gasteiger partial charge in [-0.05, 0) is 55.0 Å². The average molecular weight is 269 g/mol. The van der Waals surface area contributed by atoms with E-state index in [1.807, 2.05) is 12.1 Å². The van der Waals surface area contributed by atoms with Crippen LogP contribution in [0, 0.1) is 0 Å². The zero-order valence-electron chi connectivity index (χ0n) is 12.1. The third-order valence-corrected chi connectivity index (χ3v) is 4.27. The SMILES string of the molecule is CCCNC(c1ccc(C2CCC2)cc1)c1ccco1. The van der Waals surface area contributed by atoms with Gasteiger partial charge in [-0.3, -0.25) is 0 Å². The Balaban J connectivity index is 1.79. The smallest absolute Gasteiger partial charge is 0.125 e.